The number of hydrogen-bond donors (Lipinski definition) is 0. The predicted molar refractivity (Wildman–Crippen MR) is 36.5 cm³/mol. The zero-order chi connectivity index (χ0) is 9.99. The Bertz CT molecular complexity index is 172. The van der Waals surface area contributed by atoms with E-state index in [4.69, 9.17) is 0 Å². The molecule has 0 aliphatic carbocycles. The Kier molecular flexibility index (Phi) is 3.12. The molecule has 72 valence electrons. The van der Waals surface area contributed by atoms with Crippen LogP contribution in [0.15, 0.2) is 0 Å². The molecule has 0 saturated heterocycles. The fourth-order valence-electron chi connectivity index (χ4n) is 0.316. The maximum absolute atomic E-state index is 12.1. The predicted octanol–water partition coefficient (Wildman–Crippen LogP) is 2.14. The summed E-state index contributed by atoms with van der Waals surface area (Å²) < 4.78 is 39.3. The van der Waals surface area contributed by atoms with E-state index in [0.29, 0.717) is 0 Å². The van der Waals surface area contributed by atoms with Gasteiger partial charge in [0.2, 0.25) is 0 Å². The van der Waals surface area contributed by atoms with Crippen molar-refractivity contribution in [2.24, 2.45) is 5.41 Å². The van der Waals surface area contributed by atoms with Crippen molar-refractivity contribution in [3.63, 3.8) is 0 Å². The van der Waals surface area contributed by atoms with Crippen LogP contribution in [0.2, 0.25) is 0 Å². The largest absolute Gasteiger partial charge is 0.429 e. The highest BCUT2D eigenvalue weighted by molar-refractivity contribution is 5.75. The normalized spacial score (nSPS) is 12.8. The third-order valence-electron chi connectivity index (χ3n) is 1.01. The molecule has 0 aliphatic rings. The van der Waals surface area contributed by atoms with Crippen LogP contribution < -0.4 is 0 Å². The number of carbonyl (C=O) groups excluding carboxylic acids is 1. The van der Waals surface area contributed by atoms with Gasteiger partial charge in [0.25, 0.3) is 0 Å². The van der Waals surface area contributed by atoms with Crippen LogP contribution in [0.1, 0.15) is 20.8 Å². The van der Waals surface area contributed by atoms with Crippen molar-refractivity contribution in [1.82, 2.24) is 0 Å². The van der Waals surface area contributed by atoms with E-state index in [1.165, 1.54) is 20.8 Å². The second kappa shape index (κ2) is 3.33. The van der Waals surface area contributed by atoms with E-state index >= 15 is 0 Å². The molecule has 0 N–H and O–H groups in total. The Hall–Kier alpha value is -0.740. The first-order chi connectivity index (χ1) is 5.19. The van der Waals surface area contributed by atoms with Gasteiger partial charge in [-0.05, 0) is 20.8 Å². The highest BCUT2D eigenvalue weighted by atomic mass is 19.3. The summed E-state index contributed by atoms with van der Waals surface area (Å²) in [5, 5.41) is 0. The van der Waals surface area contributed by atoms with Crippen LogP contribution in [-0.4, -0.2) is 18.8 Å². The van der Waals surface area contributed by atoms with Crippen molar-refractivity contribution < 1.29 is 22.7 Å². The molecule has 0 rings (SSSR count). The molecule has 0 radical (unpaired) electrons. The van der Waals surface area contributed by atoms with Crippen LogP contribution in [-0.2, 0) is 9.53 Å². The van der Waals surface area contributed by atoms with Gasteiger partial charge in [-0.2, -0.15) is 8.78 Å². The summed E-state index contributed by atoms with van der Waals surface area (Å²) in [5.74, 6) is -1.12. The highest BCUT2D eigenvalue weighted by Gasteiger charge is 2.38. The lowest BCUT2D eigenvalue weighted by Gasteiger charge is -2.20. The van der Waals surface area contributed by atoms with E-state index < -0.39 is 24.2 Å². The summed E-state index contributed by atoms with van der Waals surface area (Å²) in [6, 6.07) is 0. The SMILES string of the molecule is CC(C)(C)C(=O)OC(F)(F)CF. The fourth-order valence-corrected chi connectivity index (χ4v) is 0.316. The van der Waals surface area contributed by atoms with Crippen molar-refractivity contribution in [3.8, 4) is 0 Å². The van der Waals surface area contributed by atoms with Crippen molar-refractivity contribution in [2.45, 2.75) is 26.9 Å². The van der Waals surface area contributed by atoms with Crippen molar-refractivity contribution in [3.05, 3.63) is 0 Å². The van der Waals surface area contributed by atoms with Gasteiger partial charge in [0, 0.05) is 0 Å². The van der Waals surface area contributed by atoms with Gasteiger partial charge in [0.05, 0.1) is 5.41 Å². The molecule has 0 fully saturated rings. The maximum Gasteiger partial charge on any atom is 0.429 e. The molecular weight excluding hydrogens is 173 g/mol. The van der Waals surface area contributed by atoms with Crippen LogP contribution in [0, 0.1) is 5.41 Å². The van der Waals surface area contributed by atoms with Crippen molar-refractivity contribution in [1.29, 1.82) is 0 Å². The standard InChI is InChI=1S/C7H11F3O2/c1-6(2,3)5(11)12-7(9,10)4-8/h4H2,1-3H3. The molecule has 0 atom stereocenters. The zero-order valence-electron chi connectivity index (χ0n) is 7.16. The van der Waals surface area contributed by atoms with Crippen LogP contribution >= 0.6 is 0 Å². The minimum absolute atomic E-state index is 1.04. The summed E-state index contributed by atoms with van der Waals surface area (Å²) in [6.45, 7) is 2.23. The second-order valence-electron chi connectivity index (χ2n) is 3.41. The topological polar surface area (TPSA) is 26.3 Å². The van der Waals surface area contributed by atoms with Gasteiger partial charge in [0.1, 0.15) is 0 Å². The first kappa shape index (κ1) is 11.3. The van der Waals surface area contributed by atoms with Crippen molar-refractivity contribution in [2.75, 3.05) is 6.67 Å². The second-order valence-corrected chi connectivity index (χ2v) is 3.41. The molecule has 0 aromatic rings. The summed E-state index contributed by atoms with van der Waals surface area (Å²) in [5.41, 5.74) is -1.04. The van der Waals surface area contributed by atoms with E-state index in [0.717, 1.165) is 0 Å². The lowest BCUT2D eigenvalue weighted by molar-refractivity contribution is -0.244. The molecule has 0 aliphatic heterocycles. The van der Waals surface area contributed by atoms with Gasteiger partial charge < -0.3 is 4.74 Å². The van der Waals surface area contributed by atoms with Gasteiger partial charge >= 0.3 is 12.1 Å². The number of alkyl halides is 3. The van der Waals surface area contributed by atoms with E-state index in [1.807, 2.05) is 0 Å². The zero-order valence-corrected chi connectivity index (χ0v) is 7.16. The average Bonchev–Trinajstić information content (AvgIpc) is 1.85. The highest BCUT2D eigenvalue weighted by Crippen LogP contribution is 2.23. The first-order valence-electron chi connectivity index (χ1n) is 3.36. The molecule has 0 aromatic heterocycles. The fraction of sp³-hybridized carbons (Fsp3) is 0.857. The monoisotopic (exact) mass is 184 g/mol. The number of carbonyl (C=O) groups is 1. The number of esters is 1. The molecule has 0 aromatic carbocycles. The maximum atomic E-state index is 12.1. The third-order valence-corrected chi connectivity index (χ3v) is 1.01. The Morgan fingerprint density at radius 1 is 1.33 bits per heavy atom. The van der Waals surface area contributed by atoms with Crippen LogP contribution in [0.3, 0.4) is 0 Å². The quantitative estimate of drug-likeness (QED) is 0.614. The van der Waals surface area contributed by atoms with Gasteiger partial charge in [0.15, 0.2) is 6.67 Å². The number of halogens is 3. The minimum Gasteiger partial charge on any atom is -0.398 e. The summed E-state index contributed by atoms with van der Waals surface area (Å²) >= 11 is 0. The van der Waals surface area contributed by atoms with Gasteiger partial charge in [-0.1, -0.05) is 0 Å². The van der Waals surface area contributed by atoms with Gasteiger partial charge in [-0.3, -0.25) is 4.79 Å². The molecule has 0 amide bonds. The smallest absolute Gasteiger partial charge is 0.398 e. The summed E-state index contributed by atoms with van der Waals surface area (Å²) in [4.78, 5) is 10.8. The number of ether oxygens (including phenoxy) is 1. The Morgan fingerprint density at radius 2 is 1.75 bits per heavy atom. The molecule has 0 spiro atoms. The Balaban J connectivity index is 4.20. The van der Waals surface area contributed by atoms with E-state index in [-0.39, 0.29) is 0 Å². The van der Waals surface area contributed by atoms with Gasteiger partial charge in [-0.15, -0.1) is 0 Å². The Labute approximate surface area is 68.7 Å². The lowest BCUT2D eigenvalue weighted by atomic mass is 9.97. The van der Waals surface area contributed by atoms with Gasteiger partial charge in [-0.25, -0.2) is 4.39 Å². The van der Waals surface area contributed by atoms with Crippen LogP contribution in [0.5, 0.6) is 0 Å². The third kappa shape index (κ3) is 3.59. The number of rotatable bonds is 2. The molecule has 5 heteroatoms. The van der Waals surface area contributed by atoms with Crippen LogP contribution in [0.4, 0.5) is 13.2 Å². The van der Waals surface area contributed by atoms with E-state index in [9.17, 15) is 18.0 Å². The molecule has 12 heavy (non-hydrogen) atoms. The molecular formula is C7H11F3O2. The lowest BCUT2D eigenvalue weighted by Crippen LogP contribution is -2.33. The average molecular weight is 184 g/mol. The number of hydrogen-bond acceptors (Lipinski definition) is 2. The first-order valence-corrected chi connectivity index (χ1v) is 3.36. The van der Waals surface area contributed by atoms with Crippen molar-refractivity contribution >= 4 is 5.97 Å². The molecule has 0 bridgehead atoms. The Morgan fingerprint density at radius 3 is 2.00 bits per heavy atom. The van der Waals surface area contributed by atoms with E-state index in [2.05, 4.69) is 4.74 Å². The minimum atomic E-state index is -4.00. The van der Waals surface area contributed by atoms with Crippen LogP contribution in [0.25, 0.3) is 0 Å². The molecule has 0 heterocycles. The summed E-state index contributed by atoms with van der Waals surface area (Å²) in [6.07, 6.45) is -4.00. The molecule has 0 saturated carbocycles. The molecule has 2 nitrogen and oxygen atoms in total. The summed E-state index contributed by atoms with van der Waals surface area (Å²) in [7, 11) is 0. The van der Waals surface area contributed by atoms with E-state index in [1.54, 1.807) is 0 Å². The molecule has 0 unspecified atom stereocenters.